The molecule has 0 saturated carbocycles. The van der Waals surface area contributed by atoms with Crippen LogP contribution < -0.4 is 21.1 Å². The van der Waals surface area contributed by atoms with Crippen LogP contribution in [-0.4, -0.2) is 25.0 Å². The monoisotopic (exact) mass is 382 g/mol. The van der Waals surface area contributed by atoms with Crippen molar-refractivity contribution in [3.8, 4) is 5.75 Å². The number of aliphatic imine (C=N–C) groups is 1. The second-order valence-electron chi connectivity index (χ2n) is 6.65. The fourth-order valence-electron chi connectivity index (χ4n) is 2.68. The number of guanidine groups is 1. The van der Waals surface area contributed by atoms with Gasteiger partial charge in [-0.25, -0.2) is 0 Å². The van der Waals surface area contributed by atoms with Crippen molar-refractivity contribution in [2.75, 3.05) is 18.5 Å². The number of nitrogens with one attached hydrogen (secondary N) is 2. The molecule has 2 rings (SSSR count). The van der Waals surface area contributed by atoms with Crippen molar-refractivity contribution in [3.05, 3.63) is 59.7 Å². The lowest BCUT2D eigenvalue weighted by Crippen LogP contribution is -2.26. The molecule has 6 nitrogen and oxygen atoms in total. The zero-order valence-electron chi connectivity index (χ0n) is 16.9. The molecule has 0 heterocycles. The van der Waals surface area contributed by atoms with Crippen LogP contribution in [0.25, 0.3) is 0 Å². The quantitative estimate of drug-likeness (QED) is 0.350. The lowest BCUT2D eigenvalue weighted by Gasteiger charge is -2.15. The largest absolute Gasteiger partial charge is 0.494 e. The van der Waals surface area contributed by atoms with Crippen LogP contribution in [0.5, 0.6) is 5.75 Å². The van der Waals surface area contributed by atoms with E-state index in [4.69, 9.17) is 10.5 Å². The van der Waals surface area contributed by atoms with Gasteiger partial charge in [0.15, 0.2) is 5.96 Å². The number of nitrogens with zero attached hydrogens (tertiary/aromatic N) is 1. The van der Waals surface area contributed by atoms with Crippen LogP contribution in [0, 0.1) is 6.92 Å². The summed E-state index contributed by atoms with van der Waals surface area (Å²) >= 11 is 0. The van der Waals surface area contributed by atoms with Gasteiger partial charge in [-0.05, 0) is 57.0 Å². The van der Waals surface area contributed by atoms with Gasteiger partial charge in [-0.3, -0.25) is 9.79 Å². The Kier molecular flexibility index (Phi) is 8.34. The fraction of sp³-hybridized carbons (Fsp3) is 0.364. The third-order valence-corrected chi connectivity index (χ3v) is 4.24. The first-order chi connectivity index (χ1) is 13.5. The molecule has 1 unspecified atom stereocenters. The molecule has 0 radical (unpaired) electrons. The maximum Gasteiger partial charge on any atom is 0.220 e. The van der Waals surface area contributed by atoms with Crippen molar-refractivity contribution in [3.63, 3.8) is 0 Å². The Hall–Kier alpha value is -3.02. The van der Waals surface area contributed by atoms with Gasteiger partial charge in [0.1, 0.15) is 5.75 Å². The highest BCUT2D eigenvalue weighted by Crippen LogP contribution is 2.17. The average molecular weight is 383 g/mol. The van der Waals surface area contributed by atoms with E-state index in [1.165, 1.54) is 5.56 Å². The van der Waals surface area contributed by atoms with E-state index in [0.29, 0.717) is 32.0 Å². The first-order valence-electron chi connectivity index (χ1n) is 9.63. The zero-order chi connectivity index (χ0) is 20.4. The summed E-state index contributed by atoms with van der Waals surface area (Å²) in [6.45, 7) is 7.08. The maximum absolute atomic E-state index is 12.1. The first-order valence-corrected chi connectivity index (χ1v) is 9.63. The van der Waals surface area contributed by atoms with Gasteiger partial charge in [-0.15, -0.1) is 0 Å². The molecular weight excluding hydrogens is 352 g/mol. The minimum Gasteiger partial charge on any atom is -0.494 e. The van der Waals surface area contributed by atoms with Crippen LogP contribution in [-0.2, 0) is 4.79 Å². The Morgan fingerprint density at radius 3 is 2.46 bits per heavy atom. The smallest absolute Gasteiger partial charge is 0.220 e. The van der Waals surface area contributed by atoms with E-state index in [-0.39, 0.29) is 11.9 Å². The normalized spacial score (nSPS) is 12.3. The predicted molar refractivity (Wildman–Crippen MR) is 115 cm³/mol. The van der Waals surface area contributed by atoms with Gasteiger partial charge in [-0.1, -0.05) is 29.8 Å². The van der Waals surface area contributed by atoms with Crippen LogP contribution in [0.15, 0.2) is 53.5 Å². The second-order valence-corrected chi connectivity index (χ2v) is 6.65. The number of aryl methyl sites for hydroxylation is 1. The number of nitrogens with two attached hydrogens (primary N) is 1. The molecule has 0 bridgehead atoms. The molecule has 0 aliphatic carbocycles. The molecule has 0 spiro atoms. The van der Waals surface area contributed by atoms with Crippen LogP contribution >= 0.6 is 0 Å². The number of ether oxygens (including phenoxy) is 1. The maximum atomic E-state index is 12.1. The number of anilines is 1. The number of rotatable bonds is 9. The van der Waals surface area contributed by atoms with Crippen molar-refractivity contribution in [2.45, 2.75) is 39.7 Å². The van der Waals surface area contributed by atoms with E-state index >= 15 is 0 Å². The summed E-state index contributed by atoms with van der Waals surface area (Å²) < 4.78 is 5.43. The van der Waals surface area contributed by atoms with Gasteiger partial charge in [0, 0.05) is 18.7 Å². The van der Waals surface area contributed by atoms with Crippen molar-refractivity contribution in [1.82, 2.24) is 5.32 Å². The fourth-order valence-corrected chi connectivity index (χ4v) is 2.68. The Bertz CT molecular complexity index is 770. The van der Waals surface area contributed by atoms with E-state index < -0.39 is 0 Å². The van der Waals surface area contributed by atoms with Crippen molar-refractivity contribution in [2.24, 2.45) is 10.7 Å². The Morgan fingerprint density at radius 2 is 1.82 bits per heavy atom. The minimum absolute atomic E-state index is 0.00153. The Labute approximate surface area is 167 Å². The molecule has 0 aromatic heterocycles. The molecule has 2 aromatic rings. The molecule has 0 fully saturated rings. The van der Waals surface area contributed by atoms with Gasteiger partial charge < -0.3 is 21.1 Å². The third-order valence-electron chi connectivity index (χ3n) is 4.24. The van der Waals surface area contributed by atoms with E-state index in [2.05, 4.69) is 15.6 Å². The van der Waals surface area contributed by atoms with Gasteiger partial charge >= 0.3 is 0 Å². The summed E-state index contributed by atoms with van der Waals surface area (Å²) in [5.41, 5.74) is 9.01. The molecule has 0 aliphatic rings. The van der Waals surface area contributed by atoms with E-state index in [9.17, 15) is 4.79 Å². The third kappa shape index (κ3) is 7.31. The topological polar surface area (TPSA) is 88.7 Å². The number of amides is 1. The predicted octanol–water partition coefficient (Wildman–Crippen LogP) is 3.78. The standard InChI is InChI=1S/C22H30N4O2/c1-4-28-20-13-9-18(10-14-20)17(3)25-21(27)6-5-15-24-22(23)26-19-11-7-16(2)8-12-19/h7-14,17H,4-6,15H2,1-3H3,(H,25,27)(H3,23,24,26). The molecule has 1 atom stereocenters. The molecule has 4 N–H and O–H groups in total. The molecule has 1 amide bonds. The molecule has 6 heteroatoms. The number of benzene rings is 2. The molecule has 0 saturated heterocycles. The summed E-state index contributed by atoms with van der Waals surface area (Å²) in [7, 11) is 0. The van der Waals surface area contributed by atoms with Gasteiger partial charge in [-0.2, -0.15) is 0 Å². The van der Waals surface area contributed by atoms with E-state index in [1.807, 2.05) is 69.3 Å². The van der Waals surface area contributed by atoms with E-state index in [1.54, 1.807) is 0 Å². The number of carbonyl (C=O) groups excluding carboxylic acids is 1. The Balaban J connectivity index is 1.70. The minimum atomic E-state index is -0.0556. The highest BCUT2D eigenvalue weighted by Gasteiger charge is 2.09. The van der Waals surface area contributed by atoms with Crippen LogP contribution in [0.1, 0.15) is 43.9 Å². The van der Waals surface area contributed by atoms with Crippen molar-refractivity contribution < 1.29 is 9.53 Å². The second kappa shape index (κ2) is 11.0. The van der Waals surface area contributed by atoms with Gasteiger partial charge in [0.2, 0.25) is 5.91 Å². The van der Waals surface area contributed by atoms with Gasteiger partial charge in [0.05, 0.1) is 12.6 Å². The summed E-state index contributed by atoms with van der Waals surface area (Å²) in [5.74, 6) is 1.19. The molecule has 150 valence electrons. The van der Waals surface area contributed by atoms with Crippen molar-refractivity contribution in [1.29, 1.82) is 0 Å². The number of hydrogen-bond donors (Lipinski definition) is 3. The molecular formula is C22H30N4O2. The summed E-state index contributed by atoms with van der Waals surface area (Å²) in [6.07, 6.45) is 1.04. The van der Waals surface area contributed by atoms with Crippen LogP contribution in [0.2, 0.25) is 0 Å². The first kappa shape index (κ1) is 21.3. The summed E-state index contributed by atoms with van der Waals surface area (Å²) in [6, 6.07) is 15.6. The van der Waals surface area contributed by atoms with Crippen LogP contribution in [0.4, 0.5) is 5.69 Å². The SMILES string of the molecule is CCOc1ccc(C(C)NC(=O)CCCN=C(N)Nc2ccc(C)cc2)cc1. The molecule has 28 heavy (non-hydrogen) atoms. The van der Waals surface area contributed by atoms with E-state index in [0.717, 1.165) is 17.0 Å². The Morgan fingerprint density at radius 1 is 1.14 bits per heavy atom. The highest BCUT2D eigenvalue weighted by atomic mass is 16.5. The average Bonchev–Trinajstić information content (AvgIpc) is 2.68. The van der Waals surface area contributed by atoms with Gasteiger partial charge in [0.25, 0.3) is 0 Å². The summed E-state index contributed by atoms with van der Waals surface area (Å²) in [5, 5.41) is 6.05. The molecule has 0 aliphatic heterocycles. The number of carbonyl (C=O) groups is 1. The zero-order valence-corrected chi connectivity index (χ0v) is 16.9. The lowest BCUT2D eigenvalue weighted by molar-refractivity contribution is -0.121. The van der Waals surface area contributed by atoms with Crippen LogP contribution in [0.3, 0.4) is 0 Å². The highest BCUT2D eigenvalue weighted by molar-refractivity contribution is 5.92. The summed E-state index contributed by atoms with van der Waals surface area (Å²) in [4.78, 5) is 16.4. The number of hydrogen-bond acceptors (Lipinski definition) is 3. The lowest BCUT2D eigenvalue weighted by atomic mass is 10.1. The van der Waals surface area contributed by atoms with Crippen molar-refractivity contribution >= 4 is 17.6 Å². The molecule has 2 aromatic carbocycles.